The van der Waals surface area contributed by atoms with E-state index in [0.717, 1.165) is 6.42 Å². The van der Waals surface area contributed by atoms with Crippen molar-refractivity contribution in [2.75, 3.05) is 0 Å². The molecule has 0 N–H and O–H groups in total. The predicted octanol–water partition coefficient (Wildman–Crippen LogP) is 8.62. The van der Waals surface area contributed by atoms with Gasteiger partial charge in [0, 0.05) is 11.8 Å². The first-order chi connectivity index (χ1) is 13.8. The van der Waals surface area contributed by atoms with E-state index < -0.39 is 0 Å². The van der Waals surface area contributed by atoms with Crippen LogP contribution in [0.4, 0.5) is 0 Å². The van der Waals surface area contributed by atoms with Crippen LogP contribution >= 0.6 is 23.2 Å². The fourth-order valence-corrected chi connectivity index (χ4v) is 4.44. The molecule has 0 saturated heterocycles. The van der Waals surface area contributed by atoms with E-state index >= 15 is 0 Å². The lowest BCUT2D eigenvalue weighted by molar-refractivity contribution is 0.665. The lowest BCUT2D eigenvalue weighted by atomic mass is 9.84. The number of benzene rings is 3. The van der Waals surface area contributed by atoms with Crippen molar-refractivity contribution in [3.8, 4) is 22.3 Å². The number of hydrogen-bond acceptors (Lipinski definition) is 0. The summed E-state index contributed by atoms with van der Waals surface area (Å²) in [5.41, 5.74) is 8.64. The minimum absolute atomic E-state index is 0.495. The van der Waals surface area contributed by atoms with Crippen molar-refractivity contribution < 1.29 is 0 Å². The van der Waals surface area contributed by atoms with Crippen molar-refractivity contribution in [1.29, 1.82) is 0 Å². The minimum Gasteiger partial charge on any atom is -0.122 e. The molecule has 0 aliphatic heterocycles. The molecule has 0 aliphatic carbocycles. The highest BCUT2D eigenvalue weighted by Crippen LogP contribution is 2.41. The Morgan fingerprint density at radius 2 is 1.25 bits per heavy atom. The van der Waals surface area contributed by atoms with Crippen LogP contribution < -0.4 is 0 Å². The number of rotatable bonds is 9. The molecule has 3 aromatic rings. The van der Waals surface area contributed by atoms with Gasteiger partial charge in [0.2, 0.25) is 0 Å². The van der Waals surface area contributed by atoms with Gasteiger partial charge in [0.05, 0.1) is 0 Å². The molecule has 0 aliphatic rings. The van der Waals surface area contributed by atoms with Crippen LogP contribution in [-0.2, 0) is 18.2 Å². The first-order valence-corrected chi connectivity index (χ1v) is 11.3. The summed E-state index contributed by atoms with van der Waals surface area (Å²) in [5.74, 6) is 1.00. The zero-order valence-electron chi connectivity index (χ0n) is 16.6. The number of unbranched alkanes of at least 4 members (excludes halogenated alkanes) is 3. The summed E-state index contributed by atoms with van der Waals surface area (Å²) in [6, 6.07) is 23.4. The summed E-state index contributed by atoms with van der Waals surface area (Å²) in [7, 11) is 0. The van der Waals surface area contributed by atoms with Gasteiger partial charge in [0.1, 0.15) is 0 Å². The van der Waals surface area contributed by atoms with Crippen LogP contribution in [0.25, 0.3) is 22.3 Å². The standard InChI is InChI=1S/C26H28Cl2/c1-2-3-4-7-16-22-17-23(18-27)25(20-12-8-5-9-13-20)26(24(22)19-28)21-14-10-6-11-15-21/h5-6,8-15,17H,2-4,7,16,18-19H2,1H3. The monoisotopic (exact) mass is 410 g/mol. The molecule has 0 radical (unpaired) electrons. The summed E-state index contributed by atoms with van der Waals surface area (Å²) < 4.78 is 0. The number of halogens is 2. The van der Waals surface area contributed by atoms with Crippen molar-refractivity contribution in [3.63, 3.8) is 0 Å². The molecule has 146 valence electrons. The molecule has 0 spiro atoms. The fraction of sp³-hybridized carbons (Fsp3) is 0.308. The van der Waals surface area contributed by atoms with Crippen LogP contribution in [0.1, 0.15) is 49.3 Å². The summed E-state index contributed by atoms with van der Waals surface area (Å²) in [4.78, 5) is 0. The number of alkyl halides is 2. The molecular weight excluding hydrogens is 383 g/mol. The average molecular weight is 411 g/mol. The predicted molar refractivity (Wildman–Crippen MR) is 124 cm³/mol. The third-order valence-electron chi connectivity index (χ3n) is 5.31. The highest BCUT2D eigenvalue weighted by Gasteiger charge is 2.19. The Hall–Kier alpha value is -1.76. The average Bonchev–Trinajstić information content (AvgIpc) is 2.76. The normalized spacial score (nSPS) is 11.0. The third-order valence-corrected chi connectivity index (χ3v) is 5.87. The summed E-state index contributed by atoms with van der Waals surface area (Å²) >= 11 is 13.0. The van der Waals surface area contributed by atoms with Crippen molar-refractivity contribution >= 4 is 23.2 Å². The van der Waals surface area contributed by atoms with Gasteiger partial charge in [-0.2, -0.15) is 0 Å². The zero-order valence-corrected chi connectivity index (χ0v) is 18.1. The molecule has 0 saturated carbocycles. The van der Waals surface area contributed by atoms with E-state index in [1.807, 2.05) is 0 Å². The maximum atomic E-state index is 6.55. The lowest BCUT2D eigenvalue weighted by Gasteiger charge is -2.22. The second kappa shape index (κ2) is 10.7. The molecule has 0 bridgehead atoms. The molecule has 0 nitrogen and oxygen atoms in total. The van der Waals surface area contributed by atoms with Gasteiger partial charge in [0.15, 0.2) is 0 Å². The second-order valence-corrected chi connectivity index (χ2v) is 7.77. The van der Waals surface area contributed by atoms with Gasteiger partial charge in [-0.15, -0.1) is 23.2 Å². The number of aryl methyl sites for hydroxylation is 1. The van der Waals surface area contributed by atoms with Gasteiger partial charge in [-0.1, -0.05) is 92.9 Å². The fourth-order valence-electron chi connectivity index (χ4n) is 3.92. The van der Waals surface area contributed by atoms with E-state index in [-0.39, 0.29) is 0 Å². The first kappa shape index (κ1) is 21.0. The quantitative estimate of drug-likeness (QED) is 0.244. The van der Waals surface area contributed by atoms with Crippen LogP contribution in [-0.4, -0.2) is 0 Å². The maximum absolute atomic E-state index is 6.55. The zero-order chi connectivity index (χ0) is 19.8. The molecular formula is C26H28Cl2. The van der Waals surface area contributed by atoms with Gasteiger partial charge in [-0.05, 0) is 51.8 Å². The summed E-state index contributed by atoms with van der Waals surface area (Å²) in [6.45, 7) is 2.25. The second-order valence-electron chi connectivity index (χ2n) is 7.23. The van der Waals surface area contributed by atoms with E-state index in [9.17, 15) is 0 Å². The lowest BCUT2D eigenvalue weighted by Crippen LogP contribution is -2.02. The minimum atomic E-state index is 0.495. The van der Waals surface area contributed by atoms with E-state index in [0.29, 0.717) is 11.8 Å². The highest BCUT2D eigenvalue weighted by molar-refractivity contribution is 6.19. The molecule has 3 aromatic carbocycles. The van der Waals surface area contributed by atoms with Crippen LogP contribution in [0.15, 0.2) is 66.7 Å². The molecule has 0 unspecified atom stereocenters. The van der Waals surface area contributed by atoms with Gasteiger partial charge < -0.3 is 0 Å². The van der Waals surface area contributed by atoms with E-state index in [2.05, 4.69) is 73.7 Å². The van der Waals surface area contributed by atoms with Crippen LogP contribution in [0.5, 0.6) is 0 Å². The van der Waals surface area contributed by atoms with Crippen molar-refractivity contribution in [1.82, 2.24) is 0 Å². The van der Waals surface area contributed by atoms with Crippen LogP contribution in [0, 0.1) is 0 Å². The van der Waals surface area contributed by atoms with Crippen LogP contribution in [0.2, 0.25) is 0 Å². The molecule has 0 heterocycles. The molecule has 0 atom stereocenters. The van der Waals surface area contributed by atoms with Gasteiger partial charge in [-0.25, -0.2) is 0 Å². The Bertz CT molecular complexity index is 870. The van der Waals surface area contributed by atoms with E-state index in [1.165, 1.54) is 64.6 Å². The van der Waals surface area contributed by atoms with E-state index in [1.54, 1.807) is 0 Å². The topological polar surface area (TPSA) is 0 Å². The Balaban J connectivity index is 2.21. The third kappa shape index (κ3) is 4.80. The smallest absolute Gasteiger partial charge is 0.0483 e. The summed E-state index contributed by atoms with van der Waals surface area (Å²) in [6.07, 6.45) is 6.04. The van der Waals surface area contributed by atoms with Crippen molar-refractivity contribution in [2.24, 2.45) is 0 Å². The van der Waals surface area contributed by atoms with Gasteiger partial charge in [0.25, 0.3) is 0 Å². The highest BCUT2D eigenvalue weighted by atomic mass is 35.5. The molecule has 0 aromatic heterocycles. The van der Waals surface area contributed by atoms with Crippen molar-refractivity contribution in [2.45, 2.75) is 50.8 Å². The van der Waals surface area contributed by atoms with E-state index in [4.69, 9.17) is 23.2 Å². The molecule has 28 heavy (non-hydrogen) atoms. The SMILES string of the molecule is CCCCCCc1cc(CCl)c(-c2ccccc2)c(-c2ccccc2)c1CCl. The van der Waals surface area contributed by atoms with Gasteiger partial charge in [-0.3, -0.25) is 0 Å². The maximum Gasteiger partial charge on any atom is 0.0483 e. The Morgan fingerprint density at radius 3 is 1.79 bits per heavy atom. The molecule has 0 amide bonds. The summed E-state index contributed by atoms with van der Waals surface area (Å²) in [5, 5.41) is 0. The first-order valence-electron chi connectivity index (χ1n) is 10.2. The molecule has 3 rings (SSSR count). The largest absolute Gasteiger partial charge is 0.122 e. The van der Waals surface area contributed by atoms with Crippen LogP contribution in [0.3, 0.4) is 0 Å². The Labute approximate surface area is 179 Å². The molecule has 2 heteroatoms. The Morgan fingerprint density at radius 1 is 0.643 bits per heavy atom. The van der Waals surface area contributed by atoms with Crippen molar-refractivity contribution in [3.05, 3.63) is 83.4 Å². The van der Waals surface area contributed by atoms with Gasteiger partial charge >= 0.3 is 0 Å². The number of hydrogen-bond donors (Lipinski definition) is 0. The molecule has 0 fully saturated rings. The Kier molecular flexibility index (Phi) is 8.01.